The molecule has 11 heteroatoms. The van der Waals surface area contributed by atoms with Gasteiger partial charge in [-0.15, -0.1) is 0 Å². The molecular formula is C33H35F2N3O6. The summed E-state index contributed by atoms with van der Waals surface area (Å²) in [5, 5.41) is 0. The topological polar surface area (TPSA) is 98.3 Å². The van der Waals surface area contributed by atoms with E-state index in [1.807, 2.05) is 31.2 Å². The van der Waals surface area contributed by atoms with Crippen molar-refractivity contribution in [3.05, 3.63) is 83.2 Å². The number of aryl methyl sites for hydroxylation is 1. The van der Waals surface area contributed by atoms with Crippen LogP contribution in [0.15, 0.2) is 60.7 Å². The maximum absolute atomic E-state index is 13.2. The minimum absolute atomic E-state index is 0.0555. The molecule has 5 rings (SSSR count). The molecule has 232 valence electrons. The van der Waals surface area contributed by atoms with Gasteiger partial charge >= 0.3 is 12.6 Å². The van der Waals surface area contributed by atoms with E-state index in [0.29, 0.717) is 18.2 Å². The Hall–Kier alpha value is -4.54. The highest BCUT2D eigenvalue weighted by molar-refractivity contribution is 6.04. The Labute approximate surface area is 254 Å². The fraction of sp³-hybridized carbons (Fsp3) is 0.394. The second kappa shape index (κ2) is 13.4. The van der Waals surface area contributed by atoms with Crippen LogP contribution in [-0.2, 0) is 20.9 Å². The SMILES string of the molecule is CC(=O)N1CC(c2ccc(OC(F)F)c(OCC3CC3)c2)C[C@H]1C(=O)OCc1cccc(C(=O)N(C)c2ccc(C)cc2)n1. The normalized spacial score (nSPS) is 17.8. The number of likely N-dealkylation sites (tertiary alicyclic amines) is 1. The molecule has 3 aromatic rings. The highest BCUT2D eigenvalue weighted by Gasteiger charge is 2.40. The van der Waals surface area contributed by atoms with Crippen LogP contribution in [0.3, 0.4) is 0 Å². The maximum Gasteiger partial charge on any atom is 0.387 e. The number of rotatable bonds is 11. The van der Waals surface area contributed by atoms with Crippen LogP contribution < -0.4 is 14.4 Å². The van der Waals surface area contributed by atoms with Crippen LogP contribution in [0, 0.1) is 12.8 Å². The molecule has 0 bridgehead atoms. The molecule has 2 fully saturated rings. The van der Waals surface area contributed by atoms with Gasteiger partial charge in [-0.2, -0.15) is 8.78 Å². The van der Waals surface area contributed by atoms with Crippen molar-refractivity contribution in [2.75, 3.05) is 25.1 Å². The molecule has 0 spiro atoms. The van der Waals surface area contributed by atoms with E-state index in [4.69, 9.17) is 9.47 Å². The minimum Gasteiger partial charge on any atom is -0.489 e. The van der Waals surface area contributed by atoms with E-state index in [0.717, 1.165) is 29.7 Å². The van der Waals surface area contributed by atoms with Gasteiger partial charge in [0.05, 0.1) is 12.3 Å². The molecule has 2 aromatic carbocycles. The van der Waals surface area contributed by atoms with Gasteiger partial charge in [-0.05, 0) is 74.1 Å². The number of carbonyl (C=O) groups excluding carboxylic acids is 3. The molecule has 2 heterocycles. The lowest BCUT2D eigenvalue weighted by atomic mass is 9.96. The summed E-state index contributed by atoms with van der Waals surface area (Å²) < 4.78 is 42.0. The fourth-order valence-corrected chi connectivity index (χ4v) is 5.20. The molecule has 1 aliphatic carbocycles. The summed E-state index contributed by atoms with van der Waals surface area (Å²) in [5.74, 6) is -0.892. The second-order valence-electron chi connectivity index (χ2n) is 11.3. The van der Waals surface area contributed by atoms with Crippen LogP contribution in [-0.4, -0.2) is 60.5 Å². The van der Waals surface area contributed by atoms with E-state index >= 15 is 0 Å². The minimum atomic E-state index is -3.00. The number of aromatic nitrogens is 1. The molecule has 2 amide bonds. The summed E-state index contributed by atoms with van der Waals surface area (Å²) >= 11 is 0. The zero-order valence-corrected chi connectivity index (χ0v) is 24.9. The number of nitrogens with zero attached hydrogens (tertiary/aromatic N) is 3. The Kier molecular flexibility index (Phi) is 9.41. The number of hydrogen-bond acceptors (Lipinski definition) is 7. The average Bonchev–Trinajstić information content (AvgIpc) is 3.73. The Balaban J connectivity index is 1.25. The summed E-state index contributed by atoms with van der Waals surface area (Å²) in [4.78, 5) is 46.1. The van der Waals surface area contributed by atoms with Gasteiger partial charge in [0.15, 0.2) is 11.5 Å². The molecule has 0 N–H and O–H groups in total. The van der Waals surface area contributed by atoms with E-state index < -0.39 is 18.6 Å². The third-order valence-electron chi connectivity index (χ3n) is 7.92. The lowest BCUT2D eigenvalue weighted by molar-refractivity contribution is -0.154. The first-order valence-electron chi connectivity index (χ1n) is 14.5. The smallest absolute Gasteiger partial charge is 0.387 e. The van der Waals surface area contributed by atoms with Gasteiger partial charge in [-0.3, -0.25) is 9.59 Å². The number of ether oxygens (including phenoxy) is 3. The van der Waals surface area contributed by atoms with Crippen molar-refractivity contribution < 1.29 is 37.4 Å². The number of alkyl halides is 2. The van der Waals surface area contributed by atoms with E-state index in [9.17, 15) is 23.2 Å². The van der Waals surface area contributed by atoms with Crippen LogP contribution in [0.5, 0.6) is 11.5 Å². The number of halogens is 2. The molecular weight excluding hydrogens is 572 g/mol. The number of anilines is 1. The zero-order valence-electron chi connectivity index (χ0n) is 24.9. The number of esters is 1. The number of benzene rings is 2. The number of hydrogen-bond donors (Lipinski definition) is 0. The highest BCUT2D eigenvalue weighted by Crippen LogP contribution is 2.39. The lowest BCUT2D eigenvalue weighted by Crippen LogP contribution is -2.40. The number of carbonyl (C=O) groups is 3. The molecule has 2 atom stereocenters. The molecule has 1 aromatic heterocycles. The van der Waals surface area contributed by atoms with Crippen molar-refractivity contribution in [2.24, 2.45) is 5.92 Å². The van der Waals surface area contributed by atoms with Crippen LogP contribution in [0.1, 0.15) is 59.4 Å². The van der Waals surface area contributed by atoms with Crippen LogP contribution in [0.4, 0.5) is 14.5 Å². The zero-order chi connectivity index (χ0) is 31.4. The predicted molar refractivity (Wildman–Crippen MR) is 158 cm³/mol. The van der Waals surface area contributed by atoms with Gasteiger partial charge < -0.3 is 24.0 Å². The molecule has 1 saturated heterocycles. The molecule has 44 heavy (non-hydrogen) atoms. The molecule has 9 nitrogen and oxygen atoms in total. The summed E-state index contributed by atoms with van der Waals surface area (Å²) in [7, 11) is 1.66. The monoisotopic (exact) mass is 607 g/mol. The molecule has 1 aliphatic heterocycles. The Morgan fingerprint density at radius 1 is 1.05 bits per heavy atom. The van der Waals surface area contributed by atoms with Gasteiger partial charge in [0.25, 0.3) is 5.91 Å². The van der Waals surface area contributed by atoms with E-state index in [-0.39, 0.29) is 54.5 Å². The third kappa shape index (κ3) is 7.50. The predicted octanol–water partition coefficient (Wildman–Crippen LogP) is 5.50. The lowest BCUT2D eigenvalue weighted by Gasteiger charge is -2.21. The van der Waals surface area contributed by atoms with Gasteiger partial charge in [0.1, 0.15) is 18.3 Å². The van der Waals surface area contributed by atoms with Crippen LogP contribution in [0.2, 0.25) is 0 Å². The molecule has 1 saturated carbocycles. The largest absolute Gasteiger partial charge is 0.489 e. The standard InChI is InChI=1S/C33H35F2N3O6/c1-20-7-12-26(13-8-20)37(3)31(40)27-6-4-5-25(36-27)19-43-32(41)28-15-24(17-38(28)21(2)39)23-11-14-29(44-33(34)35)30(16-23)42-18-22-9-10-22/h4-8,11-14,16,22,24,28,33H,9-10,15,17-19H2,1-3H3/t24?,28-/m0/s1. The first-order chi connectivity index (χ1) is 21.1. The van der Waals surface area contributed by atoms with Gasteiger partial charge in [0.2, 0.25) is 5.91 Å². The molecule has 2 aliphatic rings. The molecule has 0 radical (unpaired) electrons. The van der Waals surface area contributed by atoms with Crippen LogP contribution in [0.25, 0.3) is 0 Å². The summed E-state index contributed by atoms with van der Waals surface area (Å²) in [6.07, 6.45) is 2.35. The van der Waals surface area contributed by atoms with Crippen molar-refractivity contribution in [2.45, 2.75) is 58.3 Å². The maximum atomic E-state index is 13.2. The highest BCUT2D eigenvalue weighted by atomic mass is 19.3. The van der Waals surface area contributed by atoms with Crippen molar-refractivity contribution in [1.29, 1.82) is 0 Å². The number of pyridine rings is 1. The van der Waals surface area contributed by atoms with E-state index in [2.05, 4.69) is 9.72 Å². The summed E-state index contributed by atoms with van der Waals surface area (Å²) in [6.45, 7) is 0.829. The van der Waals surface area contributed by atoms with Gasteiger partial charge in [0, 0.05) is 32.1 Å². The van der Waals surface area contributed by atoms with Gasteiger partial charge in [-0.1, -0.05) is 29.8 Å². The first kappa shape index (κ1) is 30.9. The Morgan fingerprint density at radius 2 is 1.80 bits per heavy atom. The van der Waals surface area contributed by atoms with Gasteiger partial charge in [-0.25, -0.2) is 9.78 Å². The van der Waals surface area contributed by atoms with Crippen LogP contribution >= 0.6 is 0 Å². The Morgan fingerprint density at radius 3 is 2.48 bits per heavy atom. The third-order valence-corrected chi connectivity index (χ3v) is 7.92. The van der Waals surface area contributed by atoms with Crippen molar-refractivity contribution in [3.8, 4) is 11.5 Å². The fourth-order valence-electron chi connectivity index (χ4n) is 5.20. The average molecular weight is 608 g/mol. The Bertz CT molecular complexity index is 1510. The van der Waals surface area contributed by atoms with Crippen molar-refractivity contribution >= 4 is 23.5 Å². The van der Waals surface area contributed by atoms with E-state index in [1.165, 1.54) is 22.8 Å². The van der Waals surface area contributed by atoms with Crippen molar-refractivity contribution in [1.82, 2.24) is 9.88 Å². The quantitative estimate of drug-likeness (QED) is 0.265. The van der Waals surface area contributed by atoms with E-state index in [1.54, 1.807) is 37.4 Å². The first-order valence-corrected chi connectivity index (χ1v) is 14.5. The van der Waals surface area contributed by atoms with Crippen molar-refractivity contribution in [3.63, 3.8) is 0 Å². The summed E-state index contributed by atoms with van der Waals surface area (Å²) in [6, 6.07) is 16.3. The molecule has 1 unspecified atom stereocenters. The summed E-state index contributed by atoms with van der Waals surface area (Å²) in [5.41, 5.74) is 3.12. The number of amides is 2. The second-order valence-corrected chi connectivity index (χ2v) is 11.3.